The summed E-state index contributed by atoms with van der Waals surface area (Å²) in [5.41, 5.74) is 0. The van der Waals surface area contributed by atoms with Gasteiger partial charge in [-0.15, -0.1) is 0 Å². The van der Waals surface area contributed by atoms with Crippen molar-refractivity contribution in [1.29, 1.82) is 0 Å². The number of nitrogens with one attached hydrogen (secondary N) is 2. The Kier molecular flexibility index (Phi) is 4.45. The van der Waals surface area contributed by atoms with E-state index in [-0.39, 0.29) is 6.03 Å². The number of amides is 2. The first-order valence-corrected chi connectivity index (χ1v) is 6.60. The van der Waals surface area contributed by atoms with Crippen LogP contribution in [0.2, 0.25) is 0 Å². The van der Waals surface area contributed by atoms with E-state index in [0.29, 0.717) is 5.92 Å². The van der Waals surface area contributed by atoms with Crippen LogP contribution >= 0.6 is 0 Å². The number of nitrogens with zero attached hydrogens (tertiary/aromatic N) is 1. The molecule has 0 bridgehead atoms. The first-order chi connectivity index (χ1) is 7.86. The Balaban J connectivity index is 1.69. The molecule has 1 atom stereocenters. The van der Waals surface area contributed by atoms with Crippen molar-refractivity contribution in [1.82, 2.24) is 15.5 Å². The fourth-order valence-corrected chi connectivity index (χ4v) is 2.51. The highest BCUT2D eigenvalue weighted by Gasteiger charge is 2.18. The van der Waals surface area contributed by atoms with Crippen LogP contribution in [0.3, 0.4) is 0 Å². The summed E-state index contributed by atoms with van der Waals surface area (Å²) in [7, 11) is 0. The van der Waals surface area contributed by atoms with Crippen LogP contribution in [0.5, 0.6) is 0 Å². The van der Waals surface area contributed by atoms with Crippen molar-refractivity contribution >= 4 is 6.03 Å². The molecule has 0 radical (unpaired) electrons. The second-order valence-corrected chi connectivity index (χ2v) is 4.95. The van der Waals surface area contributed by atoms with Gasteiger partial charge in [0.05, 0.1) is 0 Å². The van der Waals surface area contributed by atoms with E-state index >= 15 is 0 Å². The maximum Gasteiger partial charge on any atom is 0.317 e. The Bertz CT molecular complexity index is 218. The highest BCUT2D eigenvalue weighted by atomic mass is 16.2. The highest BCUT2D eigenvalue weighted by Crippen LogP contribution is 2.10. The van der Waals surface area contributed by atoms with Crippen LogP contribution < -0.4 is 10.6 Å². The maximum atomic E-state index is 11.9. The summed E-state index contributed by atoms with van der Waals surface area (Å²) in [6.45, 7) is 4.87. The van der Waals surface area contributed by atoms with Gasteiger partial charge in [0.2, 0.25) is 0 Å². The van der Waals surface area contributed by atoms with E-state index in [0.717, 1.165) is 32.7 Å². The molecule has 2 N–H and O–H groups in total. The second-order valence-electron chi connectivity index (χ2n) is 4.95. The SMILES string of the molecule is O=C(NCC1CCNC1)N1CCCCCC1. The molecule has 2 amide bonds. The number of hydrogen-bond acceptors (Lipinski definition) is 2. The summed E-state index contributed by atoms with van der Waals surface area (Å²) in [5.74, 6) is 0.635. The van der Waals surface area contributed by atoms with Gasteiger partial charge in [0, 0.05) is 19.6 Å². The molecular formula is C12H23N3O. The van der Waals surface area contributed by atoms with Crippen molar-refractivity contribution in [3.05, 3.63) is 0 Å². The lowest BCUT2D eigenvalue weighted by atomic mass is 10.1. The van der Waals surface area contributed by atoms with Gasteiger partial charge < -0.3 is 15.5 Å². The van der Waals surface area contributed by atoms with E-state index in [9.17, 15) is 4.79 Å². The monoisotopic (exact) mass is 225 g/mol. The predicted molar refractivity (Wildman–Crippen MR) is 64.4 cm³/mol. The molecule has 92 valence electrons. The quantitative estimate of drug-likeness (QED) is 0.741. The molecule has 2 fully saturated rings. The van der Waals surface area contributed by atoms with Crippen LogP contribution in [0, 0.1) is 5.92 Å². The number of carbonyl (C=O) groups excluding carboxylic acids is 1. The molecule has 16 heavy (non-hydrogen) atoms. The smallest absolute Gasteiger partial charge is 0.317 e. The van der Waals surface area contributed by atoms with Crippen molar-refractivity contribution in [2.75, 3.05) is 32.7 Å². The largest absolute Gasteiger partial charge is 0.338 e. The molecule has 2 aliphatic rings. The van der Waals surface area contributed by atoms with Crippen molar-refractivity contribution in [3.63, 3.8) is 0 Å². The summed E-state index contributed by atoms with van der Waals surface area (Å²) < 4.78 is 0. The van der Waals surface area contributed by atoms with E-state index in [2.05, 4.69) is 10.6 Å². The zero-order valence-corrected chi connectivity index (χ0v) is 10.0. The van der Waals surface area contributed by atoms with E-state index in [1.165, 1.54) is 32.1 Å². The lowest BCUT2D eigenvalue weighted by molar-refractivity contribution is 0.198. The van der Waals surface area contributed by atoms with Gasteiger partial charge in [-0.2, -0.15) is 0 Å². The molecule has 4 heteroatoms. The third-order valence-corrected chi connectivity index (χ3v) is 3.60. The maximum absolute atomic E-state index is 11.9. The van der Waals surface area contributed by atoms with E-state index in [1.54, 1.807) is 0 Å². The predicted octanol–water partition coefficient (Wildman–Crippen LogP) is 1.18. The molecule has 0 aromatic rings. The molecular weight excluding hydrogens is 202 g/mol. The Morgan fingerprint density at radius 3 is 2.62 bits per heavy atom. The van der Waals surface area contributed by atoms with Gasteiger partial charge in [0.15, 0.2) is 0 Å². The third-order valence-electron chi connectivity index (χ3n) is 3.60. The van der Waals surface area contributed by atoms with E-state index < -0.39 is 0 Å². The lowest BCUT2D eigenvalue weighted by Crippen LogP contribution is -2.42. The van der Waals surface area contributed by atoms with Gasteiger partial charge in [0.1, 0.15) is 0 Å². The zero-order chi connectivity index (χ0) is 11.2. The summed E-state index contributed by atoms with van der Waals surface area (Å²) in [6.07, 6.45) is 6.07. The number of rotatable bonds is 2. The summed E-state index contributed by atoms with van der Waals surface area (Å²) >= 11 is 0. The Morgan fingerprint density at radius 2 is 2.00 bits per heavy atom. The number of hydrogen-bond donors (Lipinski definition) is 2. The van der Waals surface area contributed by atoms with Crippen LogP contribution in [0.15, 0.2) is 0 Å². The van der Waals surface area contributed by atoms with Crippen LogP contribution in [0.4, 0.5) is 4.79 Å². The fourth-order valence-electron chi connectivity index (χ4n) is 2.51. The standard InChI is InChI=1S/C12H23N3O/c16-12(14-10-11-5-6-13-9-11)15-7-3-1-2-4-8-15/h11,13H,1-10H2,(H,14,16). The Labute approximate surface area is 97.8 Å². The molecule has 0 spiro atoms. The zero-order valence-electron chi connectivity index (χ0n) is 10.0. The van der Waals surface area contributed by atoms with Crippen molar-refractivity contribution in [2.45, 2.75) is 32.1 Å². The van der Waals surface area contributed by atoms with Gasteiger partial charge in [-0.1, -0.05) is 12.8 Å². The van der Waals surface area contributed by atoms with Crippen molar-refractivity contribution in [3.8, 4) is 0 Å². The number of urea groups is 1. The highest BCUT2D eigenvalue weighted by molar-refractivity contribution is 5.74. The molecule has 2 saturated heterocycles. The molecule has 0 aromatic carbocycles. The average Bonchev–Trinajstić information content (AvgIpc) is 2.66. The third kappa shape index (κ3) is 3.37. The molecule has 2 heterocycles. The molecule has 0 saturated carbocycles. The van der Waals surface area contributed by atoms with Gasteiger partial charge in [-0.05, 0) is 38.3 Å². The molecule has 0 aliphatic carbocycles. The first kappa shape index (κ1) is 11.7. The number of carbonyl (C=O) groups is 1. The van der Waals surface area contributed by atoms with Gasteiger partial charge in [-0.25, -0.2) is 4.79 Å². The summed E-state index contributed by atoms with van der Waals surface area (Å²) in [6, 6.07) is 0.147. The van der Waals surface area contributed by atoms with Crippen molar-refractivity contribution < 1.29 is 4.79 Å². The summed E-state index contributed by atoms with van der Waals surface area (Å²) in [5, 5.41) is 6.39. The van der Waals surface area contributed by atoms with Crippen molar-refractivity contribution in [2.24, 2.45) is 5.92 Å². The Hall–Kier alpha value is -0.770. The van der Waals surface area contributed by atoms with E-state index in [4.69, 9.17) is 0 Å². The average molecular weight is 225 g/mol. The summed E-state index contributed by atoms with van der Waals surface area (Å²) in [4.78, 5) is 13.9. The van der Waals surface area contributed by atoms with Gasteiger partial charge >= 0.3 is 6.03 Å². The molecule has 4 nitrogen and oxygen atoms in total. The minimum atomic E-state index is 0.147. The van der Waals surface area contributed by atoms with Gasteiger partial charge in [-0.3, -0.25) is 0 Å². The minimum Gasteiger partial charge on any atom is -0.338 e. The van der Waals surface area contributed by atoms with Crippen LogP contribution in [-0.4, -0.2) is 43.7 Å². The van der Waals surface area contributed by atoms with Crippen LogP contribution in [0.25, 0.3) is 0 Å². The van der Waals surface area contributed by atoms with Crippen LogP contribution in [0.1, 0.15) is 32.1 Å². The minimum absolute atomic E-state index is 0.147. The van der Waals surface area contributed by atoms with Crippen LogP contribution in [-0.2, 0) is 0 Å². The Morgan fingerprint density at radius 1 is 1.25 bits per heavy atom. The number of likely N-dealkylation sites (tertiary alicyclic amines) is 1. The molecule has 1 unspecified atom stereocenters. The fraction of sp³-hybridized carbons (Fsp3) is 0.917. The van der Waals surface area contributed by atoms with E-state index in [1.807, 2.05) is 4.90 Å². The topological polar surface area (TPSA) is 44.4 Å². The first-order valence-electron chi connectivity index (χ1n) is 6.60. The lowest BCUT2D eigenvalue weighted by Gasteiger charge is -2.21. The molecule has 2 aliphatic heterocycles. The molecule has 0 aromatic heterocycles. The molecule has 2 rings (SSSR count). The second kappa shape index (κ2) is 6.09. The van der Waals surface area contributed by atoms with Gasteiger partial charge in [0.25, 0.3) is 0 Å². The normalized spacial score (nSPS) is 26.5.